The molecule has 0 aliphatic carbocycles. The van der Waals surface area contributed by atoms with Gasteiger partial charge in [0.05, 0.1) is 10.6 Å². The van der Waals surface area contributed by atoms with Crippen molar-refractivity contribution in [3.05, 3.63) is 94.5 Å². The fourth-order valence-electron chi connectivity index (χ4n) is 4.64. The van der Waals surface area contributed by atoms with Crippen LogP contribution in [0.5, 0.6) is 0 Å². The van der Waals surface area contributed by atoms with E-state index >= 15 is 0 Å². The molecule has 0 aliphatic heterocycles. The first kappa shape index (κ1) is 29.9. The van der Waals surface area contributed by atoms with E-state index in [4.69, 9.17) is 0 Å². The third-order valence-corrected chi connectivity index (χ3v) is 8.51. The van der Waals surface area contributed by atoms with Crippen LogP contribution in [0, 0.1) is 27.7 Å². The average Bonchev–Trinajstić information content (AvgIpc) is 2.87. The smallest absolute Gasteiger partial charge is 0.264 e. The van der Waals surface area contributed by atoms with Crippen molar-refractivity contribution in [2.45, 2.75) is 65.4 Å². The van der Waals surface area contributed by atoms with Crippen LogP contribution in [-0.4, -0.2) is 44.3 Å². The van der Waals surface area contributed by atoms with Gasteiger partial charge in [-0.3, -0.25) is 13.9 Å². The molecule has 0 radical (unpaired) electrons. The highest BCUT2D eigenvalue weighted by molar-refractivity contribution is 7.92. The van der Waals surface area contributed by atoms with E-state index in [2.05, 4.69) is 5.32 Å². The van der Waals surface area contributed by atoms with Crippen molar-refractivity contribution in [3.63, 3.8) is 0 Å². The number of carbonyl (C=O) groups is 2. The highest BCUT2D eigenvalue weighted by atomic mass is 32.2. The van der Waals surface area contributed by atoms with Crippen LogP contribution in [0.2, 0.25) is 0 Å². The molecule has 0 spiro atoms. The summed E-state index contributed by atoms with van der Waals surface area (Å²) in [5.41, 5.74) is 4.98. The number of anilines is 1. The number of hydrogen-bond acceptors (Lipinski definition) is 4. The van der Waals surface area contributed by atoms with Gasteiger partial charge in [-0.15, -0.1) is 0 Å². The lowest BCUT2D eigenvalue weighted by Crippen LogP contribution is -2.52. The van der Waals surface area contributed by atoms with E-state index < -0.39 is 28.5 Å². The van der Waals surface area contributed by atoms with Crippen molar-refractivity contribution in [2.24, 2.45) is 0 Å². The molecule has 0 aromatic heterocycles. The van der Waals surface area contributed by atoms with Crippen LogP contribution in [0.25, 0.3) is 0 Å². The van der Waals surface area contributed by atoms with Crippen molar-refractivity contribution in [3.8, 4) is 0 Å². The van der Waals surface area contributed by atoms with E-state index in [-0.39, 0.29) is 17.3 Å². The molecule has 3 aromatic rings. The van der Waals surface area contributed by atoms with Gasteiger partial charge in [0.1, 0.15) is 12.6 Å². The largest absolute Gasteiger partial charge is 0.355 e. The van der Waals surface area contributed by atoms with Gasteiger partial charge in [0.25, 0.3) is 10.0 Å². The molecule has 0 aliphatic rings. The maximum absolute atomic E-state index is 14.1. The van der Waals surface area contributed by atoms with Crippen LogP contribution in [0.1, 0.15) is 48.1 Å². The number of aryl methyl sites for hydroxylation is 4. The second kappa shape index (κ2) is 12.9. The highest BCUT2D eigenvalue weighted by Crippen LogP contribution is 2.27. The van der Waals surface area contributed by atoms with Gasteiger partial charge in [-0.25, -0.2) is 8.42 Å². The molecule has 0 fully saturated rings. The number of sulfonamides is 1. The van der Waals surface area contributed by atoms with E-state index in [0.717, 1.165) is 32.1 Å². The summed E-state index contributed by atoms with van der Waals surface area (Å²) >= 11 is 0. The standard InChI is InChI=1S/C31H39N3O4S/c1-7-29(31(36)32-8-2)33(20-26-12-10-9-11-25(26)6)30(35)21-34(27-18-23(4)17-24(5)19-27)39(37,38)28-15-13-22(3)14-16-28/h9-19,29H,7-8,20-21H2,1-6H3,(H,32,36). The second-order valence-corrected chi connectivity index (χ2v) is 11.8. The minimum Gasteiger partial charge on any atom is -0.355 e. The molecule has 1 unspecified atom stereocenters. The number of nitrogens with one attached hydrogen (secondary N) is 1. The fourth-order valence-corrected chi connectivity index (χ4v) is 6.04. The molecule has 0 saturated heterocycles. The Morgan fingerprint density at radius 1 is 0.846 bits per heavy atom. The van der Waals surface area contributed by atoms with Gasteiger partial charge in [-0.05, 0) is 87.6 Å². The molecule has 1 N–H and O–H groups in total. The lowest BCUT2D eigenvalue weighted by molar-refractivity contribution is -0.140. The Kier molecular flexibility index (Phi) is 9.92. The monoisotopic (exact) mass is 549 g/mol. The molecular weight excluding hydrogens is 510 g/mol. The summed E-state index contributed by atoms with van der Waals surface area (Å²) in [7, 11) is -4.09. The Morgan fingerprint density at radius 3 is 2.03 bits per heavy atom. The first-order valence-electron chi connectivity index (χ1n) is 13.3. The van der Waals surface area contributed by atoms with E-state index in [1.807, 2.05) is 71.9 Å². The number of hydrogen-bond donors (Lipinski definition) is 1. The summed E-state index contributed by atoms with van der Waals surface area (Å²) in [6, 6.07) is 19.0. The third kappa shape index (κ3) is 7.26. The van der Waals surface area contributed by atoms with Crippen molar-refractivity contribution in [1.82, 2.24) is 10.2 Å². The van der Waals surface area contributed by atoms with Gasteiger partial charge in [-0.2, -0.15) is 0 Å². The summed E-state index contributed by atoms with van der Waals surface area (Å²) in [6.07, 6.45) is 0.387. The minimum atomic E-state index is -4.09. The van der Waals surface area contributed by atoms with Crippen LogP contribution in [0.3, 0.4) is 0 Å². The molecule has 0 saturated carbocycles. The maximum Gasteiger partial charge on any atom is 0.264 e. The Bertz CT molecular complexity index is 1400. The van der Waals surface area contributed by atoms with Gasteiger partial charge >= 0.3 is 0 Å². The molecule has 3 aromatic carbocycles. The fraction of sp³-hybridized carbons (Fsp3) is 0.355. The molecular formula is C31H39N3O4S. The van der Waals surface area contributed by atoms with Crippen molar-refractivity contribution < 1.29 is 18.0 Å². The van der Waals surface area contributed by atoms with Crippen LogP contribution < -0.4 is 9.62 Å². The van der Waals surface area contributed by atoms with Gasteiger partial charge < -0.3 is 10.2 Å². The van der Waals surface area contributed by atoms with Gasteiger partial charge in [0.15, 0.2) is 0 Å². The van der Waals surface area contributed by atoms with Gasteiger partial charge in [0.2, 0.25) is 11.8 Å². The van der Waals surface area contributed by atoms with Crippen LogP contribution in [0.15, 0.2) is 71.6 Å². The number of benzene rings is 3. The molecule has 39 heavy (non-hydrogen) atoms. The second-order valence-electron chi connectivity index (χ2n) is 9.94. The van der Waals surface area contributed by atoms with E-state index in [9.17, 15) is 18.0 Å². The summed E-state index contributed by atoms with van der Waals surface area (Å²) in [4.78, 5) is 28.8. The summed E-state index contributed by atoms with van der Waals surface area (Å²) in [6.45, 7) is 11.5. The van der Waals surface area contributed by atoms with E-state index in [0.29, 0.717) is 18.7 Å². The maximum atomic E-state index is 14.1. The average molecular weight is 550 g/mol. The molecule has 3 rings (SSSR count). The van der Waals surface area contributed by atoms with Gasteiger partial charge in [-0.1, -0.05) is 55.0 Å². The van der Waals surface area contributed by atoms with Gasteiger partial charge in [0, 0.05) is 13.1 Å². The van der Waals surface area contributed by atoms with Crippen LogP contribution in [-0.2, 0) is 26.2 Å². The van der Waals surface area contributed by atoms with Crippen molar-refractivity contribution in [1.29, 1.82) is 0 Å². The summed E-state index contributed by atoms with van der Waals surface area (Å²) < 4.78 is 29.1. The number of amides is 2. The first-order valence-corrected chi connectivity index (χ1v) is 14.7. The topological polar surface area (TPSA) is 86.8 Å². The number of likely N-dealkylation sites (N-methyl/N-ethyl adjacent to an activating group) is 1. The highest BCUT2D eigenvalue weighted by Gasteiger charge is 2.33. The van der Waals surface area contributed by atoms with E-state index in [1.165, 1.54) is 4.90 Å². The van der Waals surface area contributed by atoms with Crippen molar-refractivity contribution >= 4 is 27.5 Å². The number of carbonyl (C=O) groups excluding carboxylic acids is 2. The summed E-state index contributed by atoms with van der Waals surface area (Å²) in [5, 5.41) is 2.83. The number of rotatable bonds is 11. The molecule has 0 heterocycles. The Balaban J connectivity index is 2.11. The van der Waals surface area contributed by atoms with Crippen LogP contribution in [0.4, 0.5) is 5.69 Å². The third-order valence-electron chi connectivity index (χ3n) is 6.72. The predicted molar refractivity (Wildman–Crippen MR) is 156 cm³/mol. The van der Waals surface area contributed by atoms with Crippen LogP contribution >= 0.6 is 0 Å². The normalized spacial score (nSPS) is 12.1. The Hall–Kier alpha value is -3.65. The minimum absolute atomic E-state index is 0.0984. The first-order chi connectivity index (χ1) is 18.5. The molecule has 208 valence electrons. The lowest BCUT2D eigenvalue weighted by atomic mass is 10.1. The number of nitrogens with zero attached hydrogens (tertiary/aromatic N) is 2. The quantitative estimate of drug-likeness (QED) is 0.362. The zero-order valence-electron chi connectivity index (χ0n) is 23.7. The molecule has 0 bridgehead atoms. The molecule has 2 amide bonds. The SMILES string of the molecule is CCNC(=O)C(CC)N(Cc1ccccc1C)C(=O)CN(c1cc(C)cc(C)c1)S(=O)(=O)c1ccc(C)cc1. The van der Waals surface area contributed by atoms with Crippen molar-refractivity contribution in [2.75, 3.05) is 17.4 Å². The molecule has 8 heteroatoms. The summed E-state index contributed by atoms with van der Waals surface area (Å²) in [5.74, 6) is -0.715. The Morgan fingerprint density at radius 2 is 1.46 bits per heavy atom. The zero-order chi connectivity index (χ0) is 28.7. The molecule has 7 nitrogen and oxygen atoms in total. The predicted octanol–water partition coefficient (Wildman–Crippen LogP) is 5.06. The zero-order valence-corrected chi connectivity index (χ0v) is 24.5. The van der Waals surface area contributed by atoms with E-state index in [1.54, 1.807) is 36.4 Å². The molecule has 1 atom stereocenters. The lowest BCUT2D eigenvalue weighted by Gasteiger charge is -2.33. The Labute approximate surface area is 232 Å².